The molecule has 1 atom stereocenters. The number of hydrogen-bond donors (Lipinski definition) is 1. The number of rotatable bonds is 3. The molecule has 1 nitrogen and oxygen atoms in total. The molecule has 2 aliphatic rings. The summed E-state index contributed by atoms with van der Waals surface area (Å²) in [6, 6.07) is 0.673. The summed E-state index contributed by atoms with van der Waals surface area (Å²) in [5, 5.41) is 3.82. The molecule has 1 N–H and O–H groups in total. The Kier molecular flexibility index (Phi) is 4.51. The monoisotopic (exact) mass is 233 g/mol. The van der Waals surface area contributed by atoms with Crippen LogP contribution in [0.4, 0.5) is 0 Å². The van der Waals surface area contributed by atoms with Crippen LogP contribution in [0.15, 0.2) is 0 Å². The summed E-state index contributed by atoms with van der Waals surface area (Å²) >= 11 is 0. The van der Waals surface area contributed by atoms with Crippen LogP contribution >= 0.6 is 0 Å². The van der Waals surface area contributed by atoms with Gasteiger partial charge in [0.25, 0.3) is 0 Å². The van der Waals surface area contributed by atoms with Crippen molar-refractivity contribution in [1.82, 2.24) is 5.32 Å². The summed E-state index contributed by atoms with van der Waals surface area (Å²) in [5.74, 6) is 3.78. The third-order valence-electron chi connectivity index (χ3n) is 4.83. The van der Waals surface area contributed by atoms with Gasteiger partial charge in [-0.05, 0) is 38.5 Å². The summed E-state index contributed by atoms with van der Waals surface area (Å²) < 4.78 is 0. The van der Waals surface area contributed by atoms with Crippen molar-refractivity contribution < 1.29 is 0 Å². The second kappa shape index (κ2) is 5.91. The van der Waals surface area contributed by atoms with Crippen LogP contribution in [0.3, 0.4) is 0 Å². The van der Waals surface area contributed by atoms with Gasteiger partial charge in [0.15, 0.2) is 0 Å². The maximum Gasteiger partial charge on any atom is 0.0800 e. The van der Waals surface area contributed by atoms with Crippen LogP contribution in [-0.2, 0) is 0 Å². The third kappa shape index (κ3) is 3.26. The molecular formula is C16H27N. The molecule has 0 bridgehead atoms. The van der Waals surface area contributed by atoms with E-state index in [2.05, 4.69) is 18.2 Å². The van der Waals surface area contributed by atoms with Gasteiger partial charge in [-0.3, -0.25) is 5.32 Å². The Balaban J connectivity index is 1.94. The summed E-state index contributed by atoms with van der Waals surface area (Å²) in [6.45, 7) is 2.26. The van der Waals surface area contributed by atoms with E-state index in [1.807, 2.05) is 0 Å². The van der Waals surface area contributed by atoms with Crippen LogP contribution < -0.4 is 5.32 Å². The highest BCUT2D eigenvalue weighted by atomic mass is 15.0. The Morgan fingerprint density at radius 2 is 1.47 bits per heavy atom. The second-order valence-electron chi connectivity index (χ2n) is 6.16. The highest BCUT2D eigenvalue weighted by Gasteiger charge is 2.35. The summed E-state index contributed by atoms with van der Waals surface area (Å²) in [6.07, 6.45) is 19.4. The van der Waals surface area contributed by atoms with Crippen LogP contribution in [0.2, 0.25) is 0 Å². The smallest absolute Gasteiger partial charge is 0.0800 e. The molecule has 0 aliphatic heterocycles. The standard InChI is InChI=1S/C16H27N/c1-3-16(2,14-10-6-4-7-11-14)17-15-12-8-5-9-13-15/h1,14-15,17H,4-13H2,2H3. The minimum atomic E-state index is -0.0531. The van der Waals surface area contributed by atoms with Crippen molar-refractivity contribution in [1.29, 1.82) is 0 Å². The molecule has 0 saturated heterocycles. The highest BCUT2D eigenvalue weighted by molar-refractivity contribution is 5.14. The van der Waals surface area contributed by atoms with Crippen molar-refractivity contribution in [2.75, 3.05) is 0 Å². The van der Waals surface area contributed by atoms with Gasteiger partial charge in [-0.1, -0.05) is 44.4 Å². The largest absolute Gasteiger partial charge is 0.298 e. The summed E-state index contributed by atoms with van der Waals surface area (Å²) in [4.78, 5) is 0. The van der Waals surface area contributed by atoms with E-state index in [1.54, 1.807) is 0 Å². The van der Waals surface area contributed by atoms with Crippen LogP contribution in [0.5, 0.6) is 0 Å². The van der Waals surface area contributed by atoms with Gasteiger partial charge >= 0.3 is 0 Å². The van der Waals surface area contributed by atoms with E-state index in [1.165, 1.54) is 64.2 Å². The molecule has 2 aliphatic carbocycles. The molecule has 0 spiro atoms. The van der Waals surface area contributed by atoms with Crippen LogP contribution in [0.1, 0.15) is 71.1 Å². The molecular weight excluding hydrogens is 206 g/mol. The zero-order valence-corrected chi connectivity index (χ0v) is 11.3. The van der Waals surface area contributed by atoms with Crippen LogP contribution in [0, 0.1) is 18.3 Å². The Labute approximate surface area is 107 Å². The van der Waals surface area contributed by atoms with Crippen molar-refractivity contribution in [3.8, 4) is 12.3 Å². The van der Waals surface area contributed by atoms with Gasteiger partial charge in [-0.25, -0.2) is 0 Å². The predicted octanol–water partition coefficient (Wildman–Crippen LogP) is 3.88. The number of terminal acetylenes is 1. The molecule has 1 heteroatoms. The van der Waals surface area contributed by atoms with Crippen molar-refractivity contribution in [3.63, 3.8) is 0 Å². The van der Waals surface area contributed by atoms with Crippen molar-refractivity contribution in [2.45, 2.75) is 82.7 Å². The van der Waals surface area contributed by atoms with Gasteiger partial charge in [0, 0.05) is 6.04 Å². The van der Waals surface area contributed by atoms with Crippen molar-refractivity contribution in [2.24, 2.45) is 5.92 Å². The lowest BCUT2D eigenvalue weighted by Crippen LogP contribution is -2.53. The first-order valence-corrected chi connectivity index (χ1v) is 7.50. The Hall–Kier alpha value is -0.480. The first-order chi connectivity index (χ1) is 8.24. The minimum absolute atomic E-state index is 0.0531. The van der Waals surface area contributed by atoms with Gasteiger partial charge in [0.2, 0.25) is 0 Å². The molecule has 17 heavy (non-hydrogen) atoms. The summed E-state index contributed by atoms with van der Waals surface area (Å²) in [5.41, 5.74) is -0.0531. The average Bonchev–Trinajstić information content (AvgIpc) is 2.41. The average molecular weight is 233 g/mol. The van der Waals surface area contributed by atoms with Crippen LogP contribution in [0.25, 0.3) is 0 Å². The van der Waals surface area contributed by atoms with Gasteiger partial charge in [0.1, 0.15) is 0 Å². The van der Waals surface area contributed by atoms with E-state index in [4.69, 9.17) is 6.42 Å². The lowest BCUT2D eigenvalue weighted by molar-refractivity contribution is 0.196. The molecule has 0 aromatic heterocycles. The molecule has 0 aromatic carbocycles. The molecule has 0 radical (unpaired) electrons. The Morgan fingerprint density at radius 1 is 0.941 bits per heavy atom. The van der Waals surface area contributed by atoms with Gasteiger partial charge < -0.3 is 0 Å². The van der Waals surface area contributed by atoms with E-state index in [-0.39, 0.29) is 5.54 Å². The molecule has 2 fully saturated rings. The molecule has 2 rings (SSSR count). The highest BCUT2D eigenvalue weighted by Crippen LogP contribution is 2.33. The second-order valence-corrected chi connectivity index (χ2v) is 6.16. The maximum absolute atomic E-state index is 5.84. The molecule has 96 valence electrons. The topological polar surface area (TPSA) is 12.0 Å². The normalized spacial score (nSPS) is 27.3. The van der Waals surface area contributed by atoms with E-state index in [0.717, 1.165) is 0 Å². The molecule has 0 heterocycles. The van der Waals surface area contributed by atoms with E-state index in [9.17, 15) is 0 Å². The van der Waals surface area contributed by atoms with Crippen molar-refractivity contribution in [3.05, 3.63) is 0 Å². The predicted molar refractivity (Wildman–Crippen MR) is 73.8 cm³/mol. The van der Waals surface area contributed by atoms with Gasteiger partial charge in [0.05, 0.1) is 5.54 Å². The Morgan fingerprint density at radius 3 is 2.00 bits per heavy atom. The number of hydrogen-bond acceptors (Lipinski definition) is 1. The quantitative estimate of drug-likeness (QED) is 0.729. The minimum Gasteiger partial charge on any atom is -0.298 e. The van der Waals surface area contributed by atoms with Crippen molar-refractivity contribution >= 4 is 0 Å². The zero-order chi connectivity index (χ0) is 12.1. The molecule has 2 saturated carbocycles. The zero-order valence-electron chi connectivity index (χ0n) is 11.3. The lowest BCUT2D eigenvalue weighted by Gasteiger charge is -2.40. The van der Waals surface area contributed by atoms with Gasteiger partial charge in [-0.15, -0.1) is 6.42 Å². The molecule has 1 unspecified atom stereocenters. The third-order valence-corrected chi connectivity index (χ3v) is 4.83. The van der Waals surface area contributed by atoms with E-state index < -0.39 is 0 Å². The van der Waals surface area contributed by atoms with E-state index in [0.29, 0.717) is 12.0 Å². The SMILES string of the molecule is C#CC(C)(NC1CCCCC1)C1CCCCC1. The molecule has 0 aromatic rings. The molecule has 0 amide bonds. The maximum atomic E-state index is 5.84. The fourth-order valence-electron chi connectivity index (χ4n) is 3.63. The van der Waals surface area contributed by atoms with E-state index >= 15 is 0 Å². The fourth-order valence-corrected chi connectivity index (χ4v) is 3.63. The lowest BCUT2D eigenvalue weighted by atomic mass is 9.75. The first kappa shape index (κ1) is 13.0. The first-order valence-electron chi connectivity index (χ1n) is 7.50. The fraction of sp³-hybridized carbons (Fsp3) is 0.875. The van der Waals surface area contributed by atoms with Crippen LogP contribution in [-0.4, -0.2) is 11.6 Å². The summed E-state index contributed by atoms with van der Waals surface area (Å²) in [7, 11) is 0. The Bertz CT molecular complexity index is 266. The van der Waals surface area contributed by atoms with Gasteiger partial charge in [-0.2, -0.15) is 0 Å². The number of nitrogens with one attached hydrogen (secondary N) is 1.